The molecule has 0 heterocycles. The molecule has 0 saturated heterocycles. The molecule has 0 atom stereocenters. The zero-order chi connectivity index (χ0) is 12.7. The van der Waals surface area contributed by atoms with E-state index in [1.54, 1.807) is 21.3 Å². The highest BCUT2D eigenvalue weighted by molar-refractivity contribution is 7.78. The van der Waals surface area contributed by atoms with E-state index in [0.717, 1.165) is 12.0 Å². The molecule has 0 fully saturated rings. The van der Waals surface area contributed by atoms with Gasteiger partial charge in [0, 0.05) is 0 Å². The average Bonchev–Trinajstić information content (AvgIpc) is 2.37. The first-order chi connectivity index (χ1) is 8.26. The van der Waals surface area contributed by atoms with Gasteiger partial charge in [0.25, 0.3) is 0 Å². The third-order valence-corrected chi connectivity index (χ3v) is 2.43. The van der Waals surface area contributed by atoms with E-state index < -0.39 is 0 Å². The van der Waals surface area contributed by atoms with Crippen molar-refractivity contribution in [2.75, 3.05) is 27.9 Å². The summed E-state index contributed by atoms with van der Waals surface area (Å²) in [5.41, 5.74) is 1.05. The number of benzene rings is 1. The lowest BCUT2D eigenvalue weighted by molar-refractivity contribution is 0.324. The van der Waals surface area contributed by atoms with Crippen molar-refractivity contribution in [3.05, 3.63) is 17.7 Å². The molecule has 0 unspecified atom stereocenters. The van der Waals surface area contributed by atoms with Crippen LogP contribution in [0.15, 0.2) is 17.1 Å². The third-order valence-electron chi connectivity index (χ3n) is 2.30. The van der Waals surface area contributed by atoms with E-state index in [9.17, 15) is 0 Å². The maximum absolute atomic E-state index is 5.25. The van der Waals surface area contributed by atoms with Gasteiger partial charge < -0.3 is 14.2 Å². The van der Waals surface area contributed by atoms with Gasteiger partial charge in [0.05, 0.1) is 33.0 Å². The van der Waals surface area contributed by atoms with Crippen LogP contribution in [0.3, 0.4) is 0 Å². The number of hydrogen-bond acceptors (Lipinski definition) is 5. The van der Waals surface area contributed by atoms with Gasteiger partial charge in [0.1, 0.15) is 0 Å². The predicted octanol–water partition coefficient (Wildman–Crippen LogP) is 2.36. The van der Waals surface area contributed by atoms with Crippen molar-refractivity contribution in [3.8, 4) is 17.2 Å². The second kappa shape index (κ2) is 6.89. The van der Waals surface area contributed by atoms with Crippen molar-refractivity contribution in [1.82, 2.24) is 0 Å². The molecule has 0 aliphatic carbocycles. The van der Waals surface area contributed by atoms with Crippen LogP contribution < -0.4 is 14.2 Å². The summed E-state index contributed by atoms with van der Waals surface area (Å²) in [7, 11) is 4.77. The molecule has 0 aromatic heterocycles. The minimum Gasteiger partial charge on any atom is -0.493 e. The zero-order valence-corrected chi connectivity index (χ0v) is 11.0. The molecule has 92 valence electrons. The van der Waals surface area contributed by atoms with Crippen LogP contribution in [-0.2, 0) is 6.42 Å². The normalized spacial score (nSPS) is 9.35. The lowest BCUT2D eigenvalue weighted by Gasteiger charge is -2.13. The Labute approximate surface area is 106 Å². The lowest BCUT2D eigenvalue weighted by atomic mass is 10.1. The molecule has 17 heavy (non-hydrogen) atoms. The van der Waals surface area contributed by atoms with Gasteiger partial charge in [-0.3, -0.25) is 0 Å². The second-order valence-corrected chi connectivity index (χ2v) is 3.44. The Bertz CT molecular complexity index is 403. The van der Waals surface area contributed by atoms with E-state index in [-0.39, 0.29) is 0 Å². The number of nitrogens with zero attached hydrogens (tertiary/aromatic N) is 1. The molecule has 1 aromatic carbocycles. The molecule has 1 aromatic rings. The van der Waals surface area contributed by atoms with Crippen LogP contribution in [0.1, 0.15) is 5.56 Å². The van der Waals surface area contributed by atoms with Crippen LogP contribution in [0.4, 0.5) is 0 Å². The largest absolute Gasteiger partial charge is 0.493 e. The fourth-order valence-electron chi connectivity index (χ4n) is 1.51. The maximum atomic E-state index is 5.25. The van der Waals surface area contributed by atoms with Crippen molar-refractivity contribution in [2.24, 2.45) is 4.99 Å². The summed E-state index contributed by atoms with van der Waals surface area (Å²) in [4.78, 5) is 3.87. The van der Waals surface area contributed by atoms with Crippen LogP contribution in [0, 0.1) is 0 Å². The zero-order valence-electron chi connectivity index (χ0n) is 10.1. The fraction of sp³-hybridized carbons (Fsp3) is 0.417. The molecule has 0 aliphatic heterocycles. The molecule has 5 heteroatoms. The summed E-state index contributed by atoms with van der Waals surface area (Å²) in [6.07, 6.45) is 0.750. The lowest BCUT2D eigenvalue weighted by Crippen LogP contribution is -1.98. The van der Waals surface area contributed by atoms with E-state index in [4.69, 9.17) is 14.2 Å². The summed E-state index contributed by atoms with van der Waals surface area (Å²) in [6, 6.07) is 3.81. The van der Waals surface area contributed by atoms with E-state index in [1.165, 1.54) is 0 Å². The summed E-state index contributed by atoms with van der Waals surface area (Å²) < 4.78 is 15.7. The van der Waals surface area contributed by atoms with Gasteiger partial charge in [0.2, 0.25) is 5.75 Å². The maximum Gasteiger partial charge on any atom is 0.203 e. The Morgan fingerprint density at radius 2 is 1.71 bits per heavy atom. The van der Waals surface area contributed by atoms with Crippen molar-refractivity contribution >= 4 is 17.4 Å². The third kappa shape index (κ3) is 3.44. The smallest absolute Gasteiger partial charge is 0.203 e. The number of hydrogen-bond donors (Lipinski definition) is 0. The predicted molar refractivity (Wildman–Crippen MR) is 69.7 cm³/mol. The SMILES string of the molecule is COc1cc(CCN=C=S)cc(OC)c1OC. The number of methoxy groups -OCH3 is 3. The van der Waals surface area contributed by atoms with Crippen LogP contribution >= 0.6 is 12.2 Å². The molecule has 0 aliphatic rings. The summed E-state index contributed by atoms with van der Waals surface area (Å²) in [5, 5.41) is 2.34. The Morgan fingerprint density at radius 1 is 1.12 bits per heavy atom. The first-order valence-corrected chi connectivity index (χ1v) is 5.50. The number of aliphatic imine (C=N–C) groups is 1. The van der Waals surface area contributed by atoms with Crippen LogP contribution in [0.2, 0.25) is 0 Å². The number of rotatable bonds is 6. The van der Waals surface area contributed by atoms with Gasteiger partial charge >= 0.3 is 0 Å². The molecule has 0 spiro atoms. The first kappa shape index (κ1) is 13.5. The monoisotopic (exact) mass is 253 g/mol. The van der Waals surface area contributed by atoms with E-state index >= 15 is 0 Å². The fourth-order valence-corrected chi connectivity index (χ4v) is 1.60. The van der Waals surface area contributed by atoms with Crippen LogP contribution in [0.25, 0.3) is 0 Å². The minimum absolute atomic E-state index is 0.595. The van der Waals surface area contributed by atoms with Crippen LogP contribution in [0.5, 0.6) is 17.2 Å². The average molecular weight is 253 g/mol. The van der Waals surface area contributed by atoms with Gasteiger partial charge in [-0.05, 0) is 36.3 Å². The molecular weight excluding hydrogens is 238 g/mol. The molecule has 0 radical (unpaired) electrons. The Hall–Kier alpha value is -1.58. The summed E-state index contributed by atoms with van der Waals surface area (Å²) in [6.45, 7) is 0.599. The topological polar surface area (TPSA) is 40.0 Å². The molecule has 4 nitrogen and oxygen atoms in total. The number of ether oxygens (including phenoxy) is 3. The van der Waals surface area contributed by atoms with Crippen LogP contribution in [-0.4, -0.2) is 33.0 Å². The molecule has 0 amide bonds. The number of isothiocyanates is 1. The van der Waals surface area contributed by atoms with Crippen molar-refractivity contribution < 1.29 is 14.2 Å². The Morgan fingerprint density at radius 3 is 2.12 bits per heavy atom. The van der Waals surface area contributed by atoms with E-state index in [1.807, 2.05) is 12.1 Å². The van der Waals surface area contributed by atoms with Gasteiger partial charge in [0.15, 0.2) is 11.5 Å². The summed E-state index contributed by atoms with van der Waals surface area (Å²) in [5.74, 6) is 1.89. The quantitative estimate of drug-likeness (QED) is 0.576. The molecule has 0 N–H and O–H groups in total. The number of thiocarbonyl (C=S) groups is 1. The van der Waals surface area contributed by atoms with Gasteiger partial charge in [-0.25, -0.2) is 4.99 Å². The second-order valence-electron chi connectivity index (χ2n) is 3.26. The van der Waals surface area contributed by atoms with Gasteiger partial charge in [-0.1, -0.05) is 0 Å². The highest BCUT2D eigenvalue weighted by Crippen LogP contribution is 2.38. The summed E-state index contributed by atoms with van der Waals surface area (Å²) >= 11 is 4.52. The van der Waals surface area contributed by atoms with Crippen molar-refractivity contribution in [3.63, 3.8) is 0 Å². The highest BCUT2D eigenvalue weighted by atomic mass is 32.1. The van der Waals surface area contributed by atoms with Crippen molar-refractivity contribution in [1.29, 1.82) is 0 Å². The molecule has 0 bridgehead atoms. The molecule has 1 rings (SSSR count). The minimum atomic E-state index is 0.595. The Balaban J connectivity index is 3.04. The first-order valence-electron chi connectivity index (χ1n) is 5.09. The van der Waals surface area contributed by atoms with Crippen molar-refractivity contribution in [2.45, 2.75) is 6.42 Å². The standard InChI is InChI=1S/C12H15NO3S/c1-14-10-6-9(4-5-13-8-17)7-11(15-2)12(10)16-3/h6-7H,4-5H2,1-3H3. The highest BCUT2D eigenvalue weighted by Gasteiger charge is 2.12. The van der Waals surface area contributed by atoms with Gasteiger partial charge in [-0.2, -0.15) is 0 Å². The molecule has 0 saturated carbocycles. The van der Waals surface area contributed by atoms with E-state index in [0.29, 0.717) is 23.8 Å². The Kier molecular flexibility index (Phi) is 5.46. The van der Waals surface area contributed by atoms with E-state index in [2.05, 4.69) is 22.4 Å². The van der Waals surface area contributed by atoms with Gasteiger partial charge in [-0.15, -0.1) is 0 Å². The molecular formula is C12H15NO3S.